The highest BCUT2D eigenvalue weighted by Crippen LogP contribution is 2.41. The van der Waals surface area contributed by atoms with E-state index in [1.54, 1.807) is 52.0 Å². The Morgan fingerprint density at radius 2 is 2.04 bits per heavy atom. The first kappa shape index (κ1) is 18.9. The van der Waals surface area contributed by atoms with Gasteiger partial charge in [0, 0.05) is 17.4 Å². The van der Waals surface area contributed by atoms with Gasteiger partial charge in [-0.15, -0.1) is 0 Å². The van der Waals surface area contributed by atoms with Crippen molar-refractivity contribution < 1.29 is 24.2 Å². The Hall–Kier alpha value is -2.41. The first-order chi connectivity index (χ1) is 11.6. The first-order valence-electron chi connectivity index (χ1n) is 8.09. The van der Waals surface area contributed by atoms with Gasteiger partial charge in [-0.25, -0.2) is 4.79 Å². The lowest BCUT2D eigenvalue weighted by molar-refractivity contribution is -0.144. The predicted molar refractivity (Wildman–Crippen MR) is 92.3 cm³/mol. The highest BCUT2D eigenvalue weighted by atomic mass is 16.5. The van der Waals surface area contributed by atoms with Crippen LogP contribution < -0.4 is 4.74 Å². The van der Waals surface area contributed by atoms with Gasteiger partial charge in [0.25, 0.3) is 5.91 Å². The van der Waals surface area contributed by atoms with Gasteiger partial charge in [0.2, 0.25) is 0 Å². The van der Waals surface area contributed by atoms with Crippen molar-refractivity contribution in [2.75, 3.05) is 13.7 Å². The number of esters is 1. The van der Waals surface area contributed by atoms with Crippen LogP contribution in [-0.2, 0) is 9.53 Å². The Bertz CT molecular complexity index is 708. The molecule has 0 saturated carbocycles. The molecule has 7 heteroatoms. The average Bonchev–Trinajstić information content (AvgIpc) is 2.93. The molecule has 0 spiro atoms. The minimum absolute atomic E-state index is 0.0236. The molecule has 7 nitrogen and oxygen atoms in total. The summed E-state index contributed by atoms with van der Waals surface area (Å²) in [5, 5.41) is 16.3. The average molecular weight is 348 g/mol. The van der Waals surface area contributed by atoms with Crippen LogP contribution in [0, 0.1) is 5.41 Å². The molecule has 1 aliphatic heterocycles. The van der Waals surface area contributed by atoms with Crippen molar-refractivity contribution in [3.05, 3.63) is 29.8 Å². The van der Waals surface area contributed by atoms with E-state index < -0.39 is 23.0 Å². The molecule has 1 aromatic carbocycles. The van der Waals surface area contributed by atoms with Crippen molar-refractivity contribution in [2.45, 2.75) is 39.8 Å². The summed E-state index contributed by atoms with van der Waals surface area (Å²) in [5.41, 5.74) is -2.06. The van der Waals surface area contributed by atoms with Gasteiger partial charge in [-0.05, 0) is 25.1 Å². The summed E-state index contributed by atoms with van der Waals surface area (Å²) < 4.78 is 10.1. The van der Waals surface area contributed by atoms with Crippen molar-refractivity contribution in [1.29, 1.82) is 0 Å². The Balaban J connectivity index is 2.44. The predicted octanol–water partition coefficient (Wildman–Crippen LogP) is 2.19. The van der Waals surface area contributed by atoms with Crippen LogP contribution in [0.15, 0.2) is 29.4 Å². The van der Waals surface area contributed by atoms with Gasteiger partial charge in [0.15, 0.2) is 11.4 Å². The number of methoxy groups -OCH3 is 1. The molecule has 1 aromatic rings. The Morgan fingerprint density at radius 3 is 2.60 bits per heavy atom. The van der Waals surface area contributed by atoms with E-state index in [9.17, 15) is 14.7 Å². The molecule has 1 atom stereocenters. The maximum atomic E-state index is 13.0. The largest absolute Gasteiger partial charge is 0.497 e. The molecule has 0 fully saturated rings. The monoisotopic (exact) mass is 348 g/mol. The fourth-order valence-corrected chi connectivity index (χ4v) is 2.55. The molecular formula is C18H24N2O5. The molecule has 1 aliphatic rings. The standard InChI is InChI=1S/C18H24N2O5/c1-6-25-16(22)14-11-18(23,17(2,3)4)20(19-14)15(21)12-8-7-9-13(10-12)24-5/h7-10,23H,6,11H2,1-5H3. The summed E-state index contributed by atoms with van der Waals surface area (Å²) in [6, 6.07) is 6.55. The number of aliphatic hydroxyl groups is 1. The quantitative estimate of drug-likeness (QED) is 0.843. The summed E-state index contributed by atoms with van der Waals surface area (Å²) >= 11 is 0. The zero-order chi connectivity index (χ0) is 18.8. The lowest BCUT2D eigenvalue weighted by Crippen LogP contribution is -2.55. The van der Waals surface area contributed by atoms with Gasteiger partial charge < -0.3 is 14.6 Å². The van der Waals surface area contributed by atoms with Gasteiger partial charge in [-0.1, -0.05) is 26.8 Å². The number of hydrogen-bond donors (Lipinski definition) is 1. The topological polar surface area (TPSA) is 88.4 Å². The zero-order valence-corrected chi connectivity index (χ0v) is 15.2. The van der Waals surface area contributed by atoms with E-state index in [4.69, 9.17) is 9.47 Å². The summed E-state index contributed by atoms with van der Waals surface area (Å²) in [7, 11) is 1.50. The number of amides is 1. The highest BCUT2D eigenvalue weighted by Gasteiger charge is 2.54. The van der Waals surface area contributed by atoms with Gasteiger partial charge in [0.05, 0.1) is 13.7 Å². The van der Waals surface area contributed by atoms with E-state index in [0.29, 0.717) is 11.3 Å². The number of ether oxygens (including phenoxy) is 2. The Kier molecular flexibility index (Phi) is 5.17. The molecular weight excluding hydrogens is 324 g/mol. The molecule has 0 aromatic heterocycles. The number of benzene rings is 1. The van der Waals surface area contributed by atoms with Crippen LogP contribution in [0.1, 0.15) is 44.5 Å². The van der Waals surface area contributed by atoms with Gasteiger partial charge in [0.1, 0.15) is 5.75 Å². The molecule has 25 heavy (non-hydrogen) atoms. The van der Waals surface area contributed by atoms with Crippen LogP contribution in [-0.4, -0.2) is 47.1 Å². The fourth-order valence-electron chi connectivity index (χ4n) is 2.55. The van der Waals surface area contributed by atoms with Gasteiger partial charge >= 0.3 is 5.97 Å². The van der Waals surface area contributed by atoms with Gasteiger partial charge in [-0.2, -0.15) is 10.1 Å². The van der Waals surface area contributed by atoms with Crippen LogP contribution >= 0.6 is 0 Å². The number of hydrazone groups is 1. The second-order valence-electron chi connectivity index (χ2n) is 6.86. The third kappa shape index (κ3) is 3.51. The normalized spacial score (nSPS) is 20.2. The first-order valence-corrected chi connectivity index (χ1v) is 8.09. The van der Waals surface area contributed by atoms with Crippen LogP contribution in [0.3, 0.4) is 0 Å². The van der Waals surface area contributed by atoms with E-state index in [0.717, 1.165) is 5.01 Å². The third-order valence-electron chi connectivity index (χ3n) is 4.21. The minimum atomic E-state index is -1.64. The second-order valence-corrected chi connectivity index (χ2v) is 6.86. The summed E-state index contributed by atoms with van der Waals surface area (Å²) in [5.74, 6) is -0.638. The van der Waals surface area contributed by atoms with Crippen molar-refractivity contribution >= 4 is 17.6 Å². The molecule has 0 bridgehead atoms. The van der Waals surface area contributed by atoms with E-state index in [1.165, 1.54) is 7.11 Å². The second kappa shape index (κ2) is 6.84. The molecule has 1 N–H and O–H groups in total. The van der Waals surface area contributed by atoms with Crippen LogP contribution in [0.25, 0.3) is 0 Å². The SMILES string of the molecule is CCOC(=O)C1=NN(C(=O)c2cccc(OC)c2)C(O)(C(C)(C)C)C1. The van der Waals surface area contributed by atoms with Crippen LogP contribution in [0.2, 0.25) is 0 Å². The zero-order valence-electron chi connectivity index (χ0n) is 15.2. The van der Waals surface area contributed by atoms with Crippen LogP contribution in [0.4, 0.5) is 0 Å². The van der Waals surface area contributed by atoms with E-state index in [-0.39, 0.29) is 18.7 Å². The molecule has 0 radical (unpaired) electrons. The Morgan fingerprint density at radius 1 is 1.36 bits per heavy atom. The molecule has 1 unspecified atom stereocenters. The molecule has 1 heterocycles. The Labute approximate surface area is 147 Å². The lowest BCUT2D eigenvalue weighted by Gasteiger charge is -2.41. The van der Waals surface area contributed by atoms with E-state index in [1.807, 2.05) is 0 Å². The third-order valence-corrected chi connectivity index (χ3v) is 4.21. The van der Waals surface area contributed by atoms with Crippen molar-refractivity contribution in [3.8, 4) is 5.75 Å². The summed E-state index contributed by atoms with van der Waals surface area (Å²) in [6.07, 6.45) is -0.0922. The lowest BCUT2D eigenvalue weighted by atomic mass is 9.80. The number of carbonyl (C=O) groups excluding carboxylic acids is 2. The van der Waals surface area contributed by atoms with Crippen molar-refractivity contribution in [2.24, 2.45) is 10.5 Å². The van der Waals surface area contributed by atoms with Crippen molar-refractivity contribution in [3.63, 3.8) is 0 Å². The number of rotatable bonds is 4. The molecule has 136 valence electrons. The molecule has 0 aliphatic carbocycles. The minimum Gasteiger partial charge on any atom is -0.497 e. The number of carbonyl (C=O) groups is 2. The summed E-state index contributed by atoms with van der Waals surface area (Å²) in [4.78, 5) is 25.0. The fraction of sp³-hybridized carbons (Fsp3) is 0.500. The molecule has 1 amide bonds. The smallest absolute Gasteiger partial charge is 0.354 e. The van der Waals surface area contributed by atoms with Gasteiger partial charge in [-0.3, -0.25) is 4.79 Å². The molecule has 2 rings (SSSR count). The molecule has 0 saturated heterocycles. The number of nitrogens with zero attached hydrogens (tertiary/aromatic N) is 2. The van der Waals surface area contributed by atoms with E-state index in [2.05, 4.69) is 5.10 Å². The maximum absolute atomic E-state index is 13.0. The summed E-state index contributed by atoms with van der Waals surface area (Å²) in [6.45, 7) is 7.21. The van der Waals surface area contributed by atoms with E-state index >= 15 is 0 Å². The number of hydrogen-bond acceptors (Lipinski definition) is 6. The highest BCUT2D eigenvalue weighted by molar-refractivity contribution is 6.37. The van der Waals surface area contributed by atoms with Crippen molar-refractivity contribution in [1.82, 2.24) is 5.01 Å². The maximum Gasteiger partial charge on any atom is 0.354 e. The van der Waals surface area contributed by atoms with Crippen LogP contribution in [0.5, 0.6) is 5.75 Å².